The number of esters is 4. The Morgan fingerprint density at radius 3 is 1.56 bits per heavy atom. The van der Waals surface area contributed by atoms with Crippen molar-refractivity contribution in [3.05, 3.63) is 46.3 Å². The molecule has 0 spiro atoms. The number of allylic oxidation sites excluding steroid dienone is 4. The highest BCUT2D eigenvalue weighted by Crippen LogP contribution is 2.74. The number of rotatable bonds is 12. The van der Waals surface area contributed by atoms with Gasteiger partial charge in [0.1, 0.15) is 11.3 Å². The molecule has 2 N–H and O–H groups in total. The summed E-state index contributed by atoms with van der Waals surface area (Å²) in [4.78, 5) is 81.8. The summed E-state index contributed by atoms with van der Waals surface area (Å²) in [7, 11) is 1.88. The molecule has 16 atom stereocenters. The van der Waals surface area contributed by atoms with Gasteiger partial charge in [-0.2, -0.15) is 5.10 Å². The van der Waals surface area contributed by atoms with Gasteiger partial charge < -0.3 is 29.2 Å². The molecule has 0 unspecified atom stereocenters. The van der Waals surface area contributed by atoms with E-state index in [9.17, 15) is 39.0 Å². The Bertz CT molecular complexity index is 2770. The third-order valence-corrected chi connectivity index (χ3v) is 21.7. The third-order valence-electron chi connectivity index (χ3n) is 21.7. The van der Waals surface area contributed by atoms with Crippen LogP contribution in [-0.4, -0.2) is 116 Å². The molecule has 6 saturated carbocycles. The number of carbonyl (C=O) groups is 6. The van der Waals surface area contributed by atoms with Gasteiger partial charge in [-0.15, -0.1) is 0 Å². The summed E-state index contributed by atoms with van der Waals surface area (Å²) < 4.78 is 60.0. The second kappa shape index (κ2) is 19.7. The lowest BCUT2D eigenvalue weighted by Crippen LogP contribution is -2.70. The zero-order valence-corrected chi connectivity index (χ0v) is 47.0. The van der Waals surface area contributed by atoms with Crippen molar-refractivity contribution in [2.45, 2.75) is 194 Å². The van der Waals surface area contributed by atoms with E-state index in [0.717, 1.165) is 33.7 Å². The van der Waals surface area contributed by atoms with Crippen LogP contribution in [0.25, 0.3) is 6.08 Å². The Balaban J connectivity index is 0.000000188. The molecular formula is C60H81F2N3O12. The molecule has 1 aromatic heterocycles. The van der Waals surface area contributed by atoms with E-state index in [1.807, 2.05) is 66.8 Å². The summed E-state index contributed by atoms with van der Waals surface area (Å²) >= 11 is 0. The van der Waals surface area contributed by atoms with Crippen molar-refractivity contribution in [3.63, 3.8) is 0 Å². The highest BCUT2D eigenvalue weighted by Gasteiger charge is 2.79. The lowest BCUT2D eigenvalue weighted by molar-refractivity contribution is -0.234. The van der Waals surface area contributed by atoms with Gasteiger partial charge in [-0.25, -0.2) is 8.78 Å². The van der Waals surface area contributed by atoms with Gasteiger partial charge >= 0.3 is 23.9 Å². The van der Waals surface area contributed by atoms with E-state index in [0.29, 0.717) is 57.9 Å². The molecule has 1 aliphatic heterocycles. The molecule has 0 aromatic carbocycles. The number of hydrogen-bond donors (Lipinski definition) is 2. The molecule has 2 heterocycles. The predicted molar refractivity (Wildman–Crippen MR) is 280 cm³/mol. The van der Waals surface area contributed by atoms with E-state index >= 15 is 8.78 Å². The second-order valence-corrected chi connectivity index (χ2v) is 25.1. The van der Waals surface area contributed by atoms with Crippen LogP contribution < -0.4 is 0 Å². The summed E-state index contributed by atoms with van der Waals surface area (Å²) in [6.45, 7) is 17.5. The fraction of sp³-hybridized carbons (Fsp3) is 0.733. The number of aliphatic hydroxyl groups excluding tert-OH is 2. The Hall–Kier alpha value is -4.90. The number of hydrogen-bond acceptors (Lipinski definition) is 14. The summed E-state index contributed by atoms with van der Waals surface area (Å²) in [6, 6.07) is 0. The lowest BCUT2D eigenvalue weighted by atomic mass is 9.43. The maximum atomic E-state index is 17.9. The zero-order valence-electron chi connectivity index (χ0n) is 47.0. The summed E-state index contributed by atoms with van der Waals surface area (Å²) in [5, 5.41) is 28.0. The van der Waals surface area contributed by atoms with Crippen LogP contribution in [0.15, 0.2) is 40.1 Å². The number of aromatic nitrogens is 2. The number of halogens is 2. The molecular weight excluding hydrogens is 993 g/mol. The van der Waals surface area contributed by atoms with E-state index in [1.165, 1.54) is 0 Å². The first-order chi connectivity index (χ1) is 36.2. The fourth-order valence-corrected chi connectivity index (χ4v) is 17.9. The number of fused-ring (bicyclic) bond motifs is 12. The second-order valence-electron chi connectivity index (χ2n) is 25.1. The largest absolute Gasteiger partial charge is 0.457 e. The van der Waals surface area contributed by atoms with Gasteiger partial charge in [0.15, 0.2) is 24.4 Å². The number of aryl methyl sites for hydroxylation is 1. The number of alkyl halides is 2. The number of nitrogens with zero attached hydrogens (tertiary/aromatic N) is 3. The minimum absolute atomic E-state index is 0.0255. The van der Waals surface area contributed by atoms with Crippen molar-refractivity contribution in [2.24, 2.45) is 69.2 Å². The molecule has 422 valence electrons. The number of ketones is 2. The van der Waals surface area contributed by atoms with Crippen LogP contribution in [0.5, 0.6) is 0 Å². The van der Waals surface area contributed by atoms with Crippen molar-refractivity contribution < 1.29 is 66.7 Å². The van der Waals surface area contributed by atoms with Crippen molar-refractivity contribution >= 4 is 47.2 Å². The maximum Gasteiger partial charge on any atom is 0.306 e. The van der Waals surface area contributed by atoms with Crippen LogP contribution in [0.1, 0.15) is 164 Å². The average molecular weight is 1070 g/mol. The quantitative estimate of drug-likeness (QED) is 0.149. The van der Waals surface area contributed by atoms with Crippen LogP contribution in [0.4, 0.5) is 8.78 Å². The van der Waals surface area contributed by atoms with E-state index in [1.54, 1.807) is 38.6 Å². The molecule has 9 aliphatic rings. The van der Waals surface area contributed by atoms with Crippen molar-refractivity contribution in [1.29, 1.82) is 0 Å². The topological polar surface area (TPSA) is 210 Å². The van der Waals surface area contributed by atoms with E-state index < -0.39 is 129 Å². The standard InChI is InChI=1S/C30H41FN2O6.C30H40FNO6/c1-7-25(36)38-16-24(35)30(39-26(37)8-2)17(3)11-21-20-10-9-19-12-22-18(15-32-33(22)6)13-27(19,4)29(20,31)23(34)14-28(21,30)5;1-6-25(35)37-16-24(34)30(38-26(36)7-2)17(3)12-21-20-9-8-19-13-22-18(10-11-32-22)14-27(19,4)29(20,31)23(33)15-28(21,30)5/h12,15,17,20-21,23,34H,7-11,13-14,16H2,1-6H3;10,13,17,20-21,23,33H,6-9,11-12,14-16H2,1-5H3/t2*17-,20-,21-,23-,27-,28-,29-,30+/m00/s1. The van der Waals surface area contributed by atoms with Gasteiger partial charge in [-0.3, -0.25) is 38.4 Å². The highest BCUT2D eigenvalue weighted by atomic mass is 19.1. The normalized spacial score (nSPS) is 41.7. The van der Waals surface area contributed by atoms with Crippen LogP contribution in [0.2, 0.25) is 0 Å². The van der Waals surface area contributed by atoms with Gasteiger partial charge in [0.25, 0.3) is 0 Å². The monoisotopic (exact) mass is 1070 g/mol. The van der Waals surface area contributed by atoms with Gasteiger partial charge in [-0.05, 0) is 99.3 Å². The minimum atomic E-state index is -1.93. The molecule has 10 rings (SSSR count). The van der Waals surface area contributed by atoms with Gasteiger partial charge in [0.2, 0.25) is 11.6 Å². The van der Waals surface area contributed by atoms with Gasteiger partial charge in [-0.1, -0.05) is 86.5 Å². The van der Waals surface area contributed by atoms with E-state index in [2.05, 4.69) is 10.1 Å². The molecule has 0 saturated heterocycles. The number of ether oxygens (including phenoxy) is 4. The Morgan fingerprint density at radius 2 is 1.10 bits per heavy atom. The highest BCUT2D eigenvalue weighted by molar-refractivity contribution is 6.11. The summed E-state index contributed by atoms with van der Waals surface area (Å²) in [5.41, 5.74) is -5.05. The lowest BCUT2D eigenvalue weighted by Gasteiger charge is -2.63. The van der Waals surface area contributed by atoms with E-state index in [4.69, 9.17) is 18.9 Å². The number of aliphatic imine (C=N–C) groups is 1. The smallest absolute Gasteiger partial charge is 0.306 e. The van der Waals surface area contributed by atoms with Crippen LogP contribution in [-0.2, 0) is 61.2 Å². The van der Waals surface area contributed by atoms with E-state index in [-0.39, 0.29) is 50.4 Å². The Morgan fingerprint density at radius 1 is 0.662 bits per heavy atom. The molecule has 77 heavy (non-hydrogen) atoms. The molecule has 0 radical (unpaired) electrons. The molecule has 0 amide bonds. The summed E-state index contributed by atoms with van der Waals surface area (Å²) in [5.74, 6) is -5.64. The molecule has 6 fully saturated rings. The van der Waals surface area contributed by atoms with Crippen LogP contribution in [0, 0.1) is 57.2 Å². The number of Topliss-reactive ketones (excluding diaryl/α,β-unsaturated/α-hetero) is 2. The van der Waals surface area contributed by atoms with Crippen molar-refractivity contribution in [3.8, 4) is 0 Å². The first kappa shape index (κ1) is 56.8. The van der Waals surface area contributed by atoms with Crippen molar-refractivity contribution in [1.82, 2.24) is 9.78 Å². The molecule has 0 bridgehead atoms. The number of aliphatic hydroxyl groups is 2. The van der Waals surface area contributed by atoms with Crippen LogP contribution >= 0.6 is 0 Å². The molecule has 1 aromatic rings. The SMILES string of the molecule is CCC(=O)OCC(=O)[C@]1(OC(=O)CC)[C@@H](C)C[C@H]2[C@@H]3CCC4=CC5=NCC=C5C[C@]4(C)[C@@]3(F)[C@@H](O)C[C@@]21C.CCC(=O)OCC(=O)[C@]1(OC(=O)CC)[C@@H](C)C[C@H]2[C@@H]3CCC4=Cc5c(cnn5C)C[C@]4(C)[C@@]3(F)[C@@H](O)C[C@@]21C. The van der Waals surface area contributed by atoms with Gasteiger partial charge in [0, 0.05) is 78.1 Å². The molecule has 17 heteroatoms. The predicted octanol–water partition coefficient (Wildman–Crippen LogP) is 8.59. The summed E-state index contributed by atoms with van der Waals surface area (Å²) in [6.07, 6.45) is 9.75. The maximum absolute atomic E-state index is 17.9. The molecule has 8 aliphatic carbocycles. The Labute approximate surface area is 451 Å². The minimum Gasteiger partial charge on any atom is -0.457 e. The third kappa shape index (κ3) is 7.84. The Kier molecular flexibility index (Phi) is 14.6. The van der Waals surface area contributed by atoms with Crippen LogP contribution in [0.3, 0.4) is 0 Å². The first-order valence-corrected chi connectivity index (χ1v) is 28.4. The fourth-order valence-electron chi connectivity index (χ4n) is 17.9. The number of carbonyl (C=O) groups excluding carboxylic acids is 6. The molecule has 15 nitrogen and oxygen atoms in total. The average Bonchev–Trinajstić information content (AvgIpc) is 4.26. The van der Waals surface area contributed by atoms with Crippen molar-refractivity contribution in [2.75, 3.05) is 19.8 Å². The zero-order chi connectivity index (χ0) is 56.2. The first-order valence-electron chi connectivity index (χ1n) is 28.4. The van der Waals surface area contributed by atoms with Gasteiger partial charge in [0.05, 0.1) is 36.4 Å².